The molecule has 1 atom stereocenters. The van der Waals surface area contributed by atoms with E-state index in [-0.39, 0.29) is 5.78 Å². The average Bonchev–Trinajstić information content (AvgIpc) is 2.14. The zero-order chi connectivity index (χ0) is 11.0. The molecule has 0 amide bonds. The van der Waals surface area contributed by atoms with E-state index in [1.807, 2.05) is 0 Å². The SMILES string of the molecule is CC(=O)CCCCC(S)C(CS)CS. The number of Topliss-reactive ketones (excluding diaryl/α,β-unsaturated/α-hetero) is 1. The summed E-state index contributed by atoms with van der Waals surface area (Å²) in [5.74, 6) is 2.43. The summed E-state index contributed by atoms with van der Waals surface area (Å²) < 4.78 is 0. The van der Waals surface area contributed by atoms with Crippen LogP contribution in [0.15, 0.2) is 0 Å². The van der Waals surface area contributed by atoms with Crippen molar-refractivity contribution >= 4 is 43.7 Å². The van der Waals surface area contributed by atoms with Crippen LogP contribution < -0.4 is 0 Å². The van der Waals surface area contributed by atoms with Gasteiger partial charge in [0.05, 0.1) is 0 Å². The summed E-state index contributed by atoms with van der Waals surface area (Å²) in [5, 5.41) is 0.372. The number of hydrogen-bond acceptors (Lipinski definition) is 4. The van der Waals surface area contributed by atoms with E-state index in [9.17, 15) is 4.79 Å². The molecule has 0 aromatic heterocycles. The van der Waals surface area contributed by atoms with Gasteiger partial charge in [0.1, 0.15) is 5.78 Å². The molecule has 0 bridgehead atoms. The number of hydrogen-bond donors (Lipinski definition) is 3. The second kappa shape index (κ2) is 8.98. The molecule has 1 unspecified atom stereocenters. The number of unbranched alkanes of at least 4 members (excludes halogenated alkanes) is 1. The second-order valence-corrected chi connectivity index (χ2v) is 5.03. The van der Waals surface area contributed by atoms with Crippen LogP contribution in [0.25, 0.3) is 0 Å². The summed E-state index contributed by atoms with van der Waals surface area (Å²) in [5.41, 5.74) is 0. The van der Waals surface area contributed by atoms with Crippen molar-refractivity contribution < 1.29 is 4.79 Å². The molecule has 0 spiro atoms. The highest BCUT2D eigenvalue weighted by atomic mass is 32.1. The molecule has 0 saturated carbocycles. The van der Waals surface area contributed by atoms with Crippen LogP contribution in [0.1, 0.15) is 32.6 Å². The number of rotatable bonds is 8. The van der Waals surface area contributed by atoms with Gasteiger partial charge in [-0.05, 0) is 37.2 Å². The highest BCUT2D eigenvalue weighted by Gasteiger charge is 2.14. The van der Waals surface area contributed by atoms with Gasteiger partial charge in [-0.1, -0.05) is 6.42 Å². The molecule has 0 aliphatic carbocycles. The topological polar surface area (TPSA) is 17.1 Å². The van der Waals surface area contributed by atoms with Gasteiger partial charge in [0.2, 0.25) is 0 Å². The van der Waals surface area contributed by atoms with Crippen molar-refractivity contribution in [2.24, 2.45) is 5.92 Å². The predicted octanol–water partition coefficient (Wildman–Crippen LogP) is 2.91. The van der Waals surface area contributed by atoms with Crippen molar-refractivity contribution in [1.82, 2.24) is 0 Å². The zero-order valence-electron chi connectivity index (χ0n) is 8.65. The fourth-order valence-corrected chi connectivity index (χ4v) is 2.96. The first-order valence-corrected chi connectivity index (χ1v) is 6.79. The van der Waals surface area contributed by atoms with Crippen molar-refractivity contribution in [3.05, 3.63) is 0 Å². The summed E-state index contributed by atoms with van der Waals surface area (Å²) >= 11 is 13.0. The highest BCUT2D eigenvalue weighted by Crippen LogP contribution is 2.19. The maximum absolute atomic E-state index is 10.7. The minimum absolute atomic E-state index is 0.278. The van der Waals surface area contributed by atoms with Crippen LogP contribution in [0.5, 0.6) is 0 Å². The Morgan fingerprint density at radius 3 is 2.21 bits per heavy atom. The van der Waals surface area contributed by atoms with Crippen LogP contribution in [0, 0.1) is 5.92 Å². The lowest BCUT2D eigenvalue weighted by molar-refractivity contribution is -0.117. The Morgan fingerprint density at radius 1 is 1.21 bits per heavy atom. The smallest absolute Gasteiger partial charge is 0.129 e. The third-order valence-electron chi connectivity index (χ3n) is 2.29. The summed E-state index contributed by atoms with van der Waals surface area (Å²) in [4.78, 5) is 10.7. The number of carbonyl (C=O) groups is 1. The van der Waals surface area contributed by atoms with Crippen LogP contribution >= 0.6 is 37.9 Å². The van der Waals surface area contributed by atoms with Crippen LogP contribution in [0.4, 0.5) is 0 Å². The molecule has 0 aromatic carbocycles. The van der Waals surface area contributed by atoms with Crippen LogP contribution in [-0.2, 0) is 4.79 Å². The molecule has 14 heavy (non-hydrogen) atoms. The van der Waals surface area contributed by atoms with Crippen LogP contribution in [0.2, 0.25) is 0 Å². The van der Waals surface area contributed by atoms with Gasteiger partial charge in [-0.25, -0.2) is 0 Å². The first-order valence-electron chi connectivity index (χ1n) is 5.01. The van der Waals surface area contributed by atoms with Gasteiger partial charge < -0.3 is 4.79 Å². The third-order valence-corrected chi connectivity index (χ3v) is 3.91. The zero-order valence-corrected chi connectivity index (χ0v) is 11.3. The second-order valence-electron chi connectivity index (χ2n) is 3.64. The van der Waals surface area contributed by atoms with Crippen molar-refractivity contribution in [2.75, 3.05) is 11.5 Å². The van der Waals surface area contributed by atoms with Gasteiger partial charge in [-0.15, -0.1) is 0 Å². The lowest BCUT2D eigenvalue weighted by Gasteiger charge is -2.19. The largest absolute Gasteiger partial charge is 0.300 e. The predicted molar refractivity (Wildman–Crippen MR) is 73.1 cm³/mol. The molecular weight excluding hydrogens is 232 g/mol. The summed E-state index contributed by atoms with van der Waals surface area (Å²) in [6, 6.07) is 0. The molecule has 0 fully saturated rings. The summed E-state index contributed by atoms with van der Waals surface area (Å²) in [7, 11) is 0. The van der Waals surface area contributed by atoms with E-state index in [2.05, 4.69) is 37.9 Å². The molecule has 0 radical (unpaired) electrons. The number of carbonyl (C=O) groups excluding carboxylic acids is 1. The Kier molecular flexibility index (Phi) is 9.45. The molecule has 0 heterocycles. The van der Waals surface area contributed by atoms with E-state index in [0.29, 0.717) is 17.6 Å². The quantitative estimate of drug-likeness (QED) is 0.447. The minimum atomic E-state index is 0.278. The van der Waals surface area contributed by atoms with E-state index in [4.69, 9.17) is 0 Å². The maximum Gasteiger partial charge on any atom is 0.129 e. The fraction of sp³-hybridized carbons (Fsp3) is 0.900. The van der Waals surface area contributed by atoms with E-state index < -0.39 is 0 Å². The van der Waals surface area contributed by atoms with Crippen LogP contribution in [-0.4, -0.2) is 22.5 Å². The van der Waals surface area contributed by atoms with Gasteiger partial charge in [-0.3, -0.25) is 0 Å². The van der Waals surface area contributed by atoms with Crippen molar-refractivity contribution in [2.45, 2.75) is 37.9 Å². The third kappa shape index (κ3) is 7.07. The Bertz CT molecular complexity index is 157. The van der Waals surface area contributed by atoms with Crippen molar-refractivity contribution in [3.8, 4) is 0 Å². The monoisotopic (exact) mass is 252 g/mol. The van der Waals surface area contributed by atoms with Crippen molar-refractivity contribution in [1.29, 1.82) is 0 Å². The molecule has 0 aromatic rings. The number of thiol groups is 3. The van der Waals surface area contributed by atoms with Gasteiger partial charge in [0, 0.05) is 11.7 Å². The van der Waals surface area contributed by atoms with Gasteiger partial charge >= 0.3 is 0 Å². The maximum atomic E-state index is 10.7. The Morgan fingerprint density at radius 2 is 1.79 bits per heavy atom. The molecule has 0 saturated heterocycles. The molecule has 4 heteroatoms. The molecule has 0 rings (SSSR count). The minimum Gasteiger partial charge on any atom is -0.300 e. The first kappa shape index (κ1) is 14.7. The van der Waals surface area contributed by atoms with Gasteiger partial charge in [0.25, 0.3) is 0 Å². The molecule has 84 valence electrons. The van der Waals surface area contributed by atoms with E-state index in [1.54, 1.807) is 6.92 Å². The Labute approximate surface area is 104 Å². The van der Waals surface area contributed by atoms with Crippen LogP contribution in [0.3, 0.4) is 0 Å². The standard InChI is InChI=1S/C10H20OS3/c1-8(11)4-2-3-5-10(14)9(6-12)7-13/h9-10,12-14H,2-7H2,1H3. The lowest BCUT2D eigenvalue weighted by Crippen LogP contribution is -2.18. The summed E-state index contributed by atoms with van der Waals surface area (Å²) in [6.07, 6.45) is 3.82. The highest BCUT2D eigenvalue weighted by molar-refractivity contribution is 7.82. The molecule has 0 aliphatic rings. The van der Waals surface area contributed by atoms with Gasteiger partial charge in [-0.2, -0.15) is 37.9 Å². The van der Waals surface area contributed by atoms with Gasteiger partial charge in [0.15, 0.2) is 0 Å². The Balaban J connectivity index is 3.51. The van der Waals surface area contributed by atoms with E-state index in [0.717, 1.165) is 30.8 Å². The first-order chi connectivity index (χ1) is 6.61. The number of ketones is 1. The summed E-state index contributed by atoms with van der Waals surface area (Å²) in [6.45, 7) is 1.64. The average molecular weight is 252 g/mol. The Hall–Kier alpha value is 0.720. The lowest BCUT2D eigenvalue weighted by atomic mass is 10.0. The van der Waals surface area contributed by atoms with E-state index >= 15 is 0 Å². The normalized spacial score (nSPS) is 13.2. The molecule has 0 N–H and O–H groups in total. The molecule has 0 aliphatic heterocycles. The fourth-order valence-electron chi connectivity index (χ4n) is 1.26. The van der Waals surface area contributed by atoms with E-state index in [1.165, 1.54) is 0 Å². The molecular formula is C10H20OS3. The van der Waals surface area contributed by atoms with Crippen molar-refractivity contribution in [3.63, 3.8) is 0 Å². The molecule has 1 nitrogen and oxygen atoms in total.